The minimum Gasteiger partial charge on any atom is -0.462 e. The summed E-state index contributed by atoms with van der Waals surface area (Å²) in [6.45, 7) is 6.23. The summed E-state index contributed by atoms with van der Waals surface area (Å²) in [5.41, 5.74) is 6.29. The largest absolute Gasteiger partial charge is 0.462 e. The number of esters is 1. The third-order valence-electron chi connectivity index (χ3n) is 3.35. The molecule has 2 rings (SSSR count). The molecule has 1 aromatic heterocycles. The molecule has 0 aliphatic carbocycles. The number of benzene rings is 1. The summed E-state index contributed by atoms with van der Waals surface area (Å²) in [4.78, 5) is 13.3. The van der Waals surface area contributed by atoms with E-state index in [0.29, 0.717) is 17.2 Å². The van der Waals surface area contributed by atoms with E-state index in [-0.39, 0.29) is 5.97 Å². The van der Waals surface area contributed by atoms with Gasteiger partial charge in [-0.25, -0.2) is 10.6 Å². The van der Waals surface area contributed by atoms with Crippen LogP contribution >= 0.6 is 11.3 Å². The maximum Gasteiger partial charge on any atom is 0.341 e. The highest BCUT2D eigenvalue weighted by Gasteiger charge is 2.23. The third-order valence-corrected chi connectivity index (χ3v) is 4.38. The third kappa shape index (κ3) is 3.09. The minimum atomic E-state index is -0.343. The molecular weight excluding hydrogens is 284 g/mol. The molecule has 112 valence electrons. The van der Waals surface area contributed by atoms with Gasteiger partial charge in [0.25, 0.3) is 0 Å². The maximum absolute atomic E-state index is 12.2. The van der Waals surface area contributed by atoms with Crippen molar-refractivity contribution in [2.75, 3.05) is 12.0 Å². The van der Waals surface area contributed by atoms with Crippen molar-refractivity contribution in [2.45, 2.75) is 27.2 Å². The number of ether oxygens (including phenoxy) is 1. The Bertz CT molecular complexity index is 632. The molecule has 4 nitrogen and oxygen atoms in total. The molecule has 0 saturated heterocycles. The fourth-order valence-electron chi connectivity index (χ4n) is 2.30. The van der Waals surface area contributed by atoms with Crippen molar-refractivity contribution in [1.82, 2.24) is 0 Å². The molecule has 0 amide bonds. The van der Waals surface area contributed by atoms with Crippen LogP contribution in [0.2, 0.25) is 0 Å². The Balaban J connectivity index is 2.55. The quantitative estimate of drug-likeness (QED) is 0.501. The minimum absolute atomic E-state index is 0.339. The number of carbonyl (C=O) groups excluding carboxylic acids is 1. The van der Waals surface area contributed by atoms with Crippen LogP contribution in [-0.2, 0) is 11.2 Å². The average Bonchev–Trinajstić information content (AvgIpc) is 2.84. The molecule has 2 aromatic rings. The van der Waals surface area contributed by atoms with Gasteiger partial charge in [-0.15, -0.1) is 11.3 Å². The lowest BCUT2D eigenvalue weighted by molar-refractivity contribution is 0.0529. The number of aryl methyl sites for hydroxylation is 2. The van der Waals surface area contributed by atoms with Crippen LogP contribution in [0.4, 0.5) is 5.00 Å². The van der Waals surface area contributed by atoms with Crippen LogP contribution in [0.5, 0.6) is 0 Å². The van der Waals surface area contributed by atoms with Crippen LogP contribution in [0.1, 0.15) is 34.6 Å². The zero-order valence-electron chi connectivity index (χ0n) is 12.5. The van der Waals surface area contributed by atoms with Crippen LogP contribution in [-0.4, -0.2) is 12.6 Å². The number of hydrogen-bond donors (Lipinski definition) is 2. The second-order valence-electron chi connectivity index (χ2n) is 4.65. The van der Waals surface area contributed by atoms with E-state index >= 15 is 0 Å². The average molecular weight is 304 g/mol. The Labute approximate surface area is 128 Å². The molecule has 1 heterocycles. The van der Waals surface area contributed by atoms with Gasteiger partial charge in [-0.05, 0) is 31.4 Å². The van der Waals surface area contributed by atoms with E-state index in [4.69, 9.17) is 10.6 Å². The maximum atomic E-state index is 12.2. The second-order valence-corrected chi connectivity index (χ2v) is 5.88. The summed E-state index contributed by atoms with van der Waals surface area (Å²) >= 11 is 1.46. The number of hydrazine groups is 1. The predicted octanol–water partition coefficient (Wildman–Crippen LogP) is 3.75. The Kier molecular flexibility index (Phi) is 4.98. The molecule has 0 radical (unpaired) electrons. The van der Waals surface area contributed by atoms with E-state index in [9.17, 15) is 4.79 Å². The zero-order chi connectivity index (χ0) is 15.4. The Morgan fingerprint density at radius 2 is 1.95 bits per heavy atom. The van der Waals surface area contributed by atoms with Crippen LogP contribution in [0.15, 0.2) is 24.3 Å². The number of carbonyl (C=O) groups is 1. The summed E-state index contributed by atoms with van der Waals surface area (Å²) in [7, 11) is 0. The van der Waals surface area contributed by atoms with E-state index < -0.39 is 0 Å². The van der Waals surface area contributed by atoms with Gasteiger partial charge in [0.15, 0.2) is 0 Å². The first-order valence-corrected chi connectivity index (χ1v) is 7.80. The molecule has 1 aromatic carbocycles. The molecule has 21 heavy (non-hydrogen) atoms. The summed E-state index contributed by atoms with van der Waals surface area (Å²) < 4.78 is 5.16. The summed E-state index contributed by atoms with van der Waals surface area (Å²) in [6, 6.07) is 8.24. The van der Waals surface area contributed by atoms with Gasteiger partial charge >= 0.3 is 5.97 Å². The topological polar surface area (TPSA) is 64.3 Å². The molecular formula is C16H20N2O2S. The van der Waals surface area contributed by atoms with Gasteiger partial charge in [0.05, 0.1) is 6.61 Å². The number of nitrogens with one attached hydrogen (secondary N) is 1. The highest BCUT2D eigenvalue weighted by molar-refractivity contribution is 7.17. The molecule has 0 aliphatic rings. The highest BCUT2D eigenvalue weighted by Crippen LogP contribution is 2.39. The summed E-state index contributed by atoms with van der Waals surface area (Å²) in [5, 5.41) is 0.639. The second kappa shape index (κ2) is 6.74. The number of rotatable bonds is 5. The SMILES string of the molecule is CCOC(=O)c1c(NN)sc(C)c1-c1ccc(CC)cc1. The zero-order valence-corrected chi connectivity index (χ0v) is 13.3. The smallest absolute Gasteiger partial charge is 0.341 e. The van der Waals surface area contributed by atoms with Gasteiger partial charge in [0.2, 0.25) is 0 Å². The summed E-state index contributed by atoms with van der Waals surface area (Å²) in [6.07, 6.45) is 0.989. The number of nitrogens with two attached hydrogens (primary N) is 1. The molecule has 0 fully saturated rings. The lowest BCUT2D eigenvalue weighted by atomic mass is 9.99. The lowest BCUT2D eigenvalue weighted by Gasteiger charge is -2.08. The van der Waals surface area contributed by atoms with Crippen molar-refractivity contribution >= 4 is 22.3 Å². The fourth-order valence-corrected chi connectivity index (χ4v) is 3.27. The molecule has 0 saturated carbocycles. The van der Waals surface area contributed by atoms with Crippen molar-refractivity contribution in [1.29, 1.82) is 0 Å². The molecule has 3 N–H and O–H groups in total. The molecule has 0 aliphatic heterocycles. The van der Waals surface area contributed by atoms with Crippen LogP contribution in [0, 0.1) is 6.92 Å². The lowest BCUT2D eigenvalue weighted by Crippen LogP contribution is -2.12. The van der Waals surface area contributed by atoms with Crippen molar-refractivity contribution < 1.29 is 9.53 Å². The number of nitrogen functional groups attached to an aromatic ring is 1. The molecule has 0 bridgehead atoms. The highest BCUT2D eigenvalue weighted by atomic mass is 32.1. The molecule has 5 heteroatoms. The van der Waals surface area contributed by atoms with Crippen molar-refractivity contribution in [3.05, 3.63) is 40.3 Å². The van der Waals surface area contributed by atoms with E-state index in [1.165, 1.54) is 16.9 Å². The molecule has 0 spiro atoms. The first-order valence-electron chi connectivity index (χ1n) is 6.98. The summed E-state index contributed by atoms with van der Waals surface area (Å²) in [5.74, 6) is 5.20. The van der Waals surface area contributed by atoms with E-state index in [0.717, 1.165) is 22.4 Å². The van der Waals surface area contributed by atoms with Crippen LogP contribution in [0.3, 0.4) is 0 Å². The van der Waals surface area contributed by atoms with E-state index in [2.05, 4.69) is 24.5 Å². The van der Waals surface area contributed by atoms with Gasteiger partial charge in [-0.3, -0.25) is 0 Å². The number of anilines is 1. The van der Waals surface area contributed by atoms with Crippen molar-refractivity contribution in [2.24, 2.45) is 5.84 Å². The van der Waals surface area contributed by atoms with Gasteiger partial charge in [-0.2, -0.15) is 0 Å². The number of hydrogen-bond acceptors (Lipinski definition) is 5. The van der Waals surface area contributed by atoms with E-state index in [1.54, 1.807) is 6.92 Å². The normalized spacial score (nSPS) is 10.5. The Morgan fingerprint density at radius 1 is 1.29 bits per heavy atom. The Hall–Kier alpha value is -1.85. The molecule has 0 atom stereocenters. The van der Waals surface area contributed by atoms with Crippen LogP contribution < -0.4 is 11.3 Å². The molecule has 0 unspecified atom stereocenters. The Morgan fingerprint density at radius 3 is 2.48 bits per heavy atom. The predicted molar refractivity (Wildman–Crippen MR) is 87.6 cm³/mol. The van der Waals surface area contributed by atoms with E-state index in [1.807, 2.05) is 19.1 Å². The van der Waals surface area contributed by atoms with Gasteiger partial charge in [-0.1, -0.05) is 31.2 Å². The first-order chi connectivity index (χ1) is 10.1. The van der Waals surface area contributed by atoms with Gasteiger partial charge in [0.1, 0.15) is 10.6 Å². The van der Waals surface area contributed by atoms with Gasteiger partial charge in [0, 0.05) is 10.4 Å². The van der Waals surface area contributed by atoms with Crippen LogP contribution in [0.25, 0.3) is 11.1 Å². The standard InChI is InChI=1S/C16H20N2O2S/c1-4-11-6-8-12(9-7-11)13-10(3)21-15(18-17)14(13)16(19)20-5-2/h6-9,18H,4-5,17H2,1-3H3. The van der Waals surface area contributed by atoms with Crippen molar-refractivity contribution in [3.63, 3.8) is 0 Å². The van der Waals surface area contributed by atoms with Crippen molar-refractivity contribution in [3.8, 4) is 11.1 Å². The fraction of sp³-hybridized carbons (Fsp3) is 0.312. The van der Waals surface area contributed by atoms with Gasteiger partial charge < -0.3 is 10.2 Å². The monoisotopic (exact) mass is 304 g/mol. The number of thiophene rings is 1. The first kappa shape index (κ1) is 15.5.